The van der Waals surface area contributed by atoms with Gasteiger partial charge in [-0.1, -0.05) is 48.5 Å². The van der Waals surface area contributed by atoms with Crippen LogP contribution in [-0.2, 0) is 6.54 Å². The van der Waals surface area contributed by atoms with Crippen LogP contribution in [0.3, 0.4) is 0 Å². The maximum Gasteiger partial charge on any atom is 0.278 e. The van der Waals surface area contributed by atoms with Crippen molar-refractivity contribution in [3.05, 3.63) is 107 Å². The van der Waals surface area contributed by atoms with E-state index in [0.29, 0.717) is 28.9 Å². The Bertz CT molecular complexity index is 1710. The van der Waals surface area contributed by atoms with E-state index < -0.39 is 0 Å². The van der Waals surface area contributed by atoms with Gasteiger partial charge in [-0.25, -0.2) is 14.3 Å². The fourth-order valence-corrected chi connectivity index (χ4v) is 6.54. The normalized spacial score (nSPS) is 17.1. The van der Waals surface area contributed by atoms with Gasteiger partial charge in [0.1, 0.15) is 5.39 Å². The fourth-order valence-electron chi connectivity index (χ4n) is 6.54. The van der Waals surface area contributed by atoms with Gasteiger partial charge < -0.3 is 15.1 Å². The number of likely N-dealkylation sites (tertiary alicyclic amines) is 1. The van der Waals surface area contributed by atoms with Crippen LogP contribution < -0.4 is 15.8 Å². The molecular formula is C34H37N7O. The monoisotopic (exact) mass is 559 g/mol. The van der Waals surface area contributed by atoms with Crippen LogP contribution in [0.5, 0.6) is 0 Å². The van der Waals surface area contributed by atoms with E-state index in [1.165, 1.54) is 44.5 Å². The highest BCUT2D eigenvalue weighted by Crippen LogP contribution is 2.42. The highest BCUT2D eigenvalue weighted by atomic mass is 16.1. The predicted octanol–water partition coefficient (Wildman–Crippen LogP) is 5.69. The summed E-state index contributed by atoms with van der Waals surface area (Å²) in [4.78, 5) is 27.9. The zero-order valence-corrected chi connectivity index (χ0v) is 24.1. The zero-order chi connectivity index (χ0) is 28.5. The topological polar surface area (TPSA) is 71.2 Å². The zero-order valence-electron chi connectivity index (χ0n) is 24.1. The van der Waals surface area contributed by atoms with Crippen LogP contribution in [0, 0.1) is 5.41 Å². The van der Waals surface area contributed by atoms with Crippen LogP contribution in [0.2, 0.25) is 0 Å². The Hall–Kier alpha value is -4.43. The first kappa shape index (κ1) is 26.5. The van der Waals surface area contributed by atoms with Gasteiger partial charge >= 0.3 is 0 Å². The summed E-state index contributed by atoms with van der Waals surface area (Å²) >= 11 is 0. The molecule has 1 N–H and O–H groups in total. The SMILES string of the molecule is CN1CCC2(CC1)CCN(c1ccc(Nc3ncc4c(=O)n(Cc5ccccc5)n(-c5ccccc5)c4n3)cc1)CC2. The lowest BCUT2D eigenvalue weighted by molar-refractivity contribution is 0.0945. The largest absolute Gasteiger partial charge is 0.371 e. The quantitative estimate of drug-likeness (QED) is 0.288. The summed E-state index contributed by atoms with van der Waals surface area (Å²) in [6, 6.07) is 28.4. The lowest BCUT2D eigenvalue weighted by Gasteiger charge is -2.46. The molecule has 1 spiro atoms. The van der Waals surface area contributed by atoms with Crippen molar-refractivity contribution in [3.8, 4) is 5.69 Å². The van der Waals surface area contributed by atoms with Gasteiger partial charge in [-0.05, 0) is 93.2 Å². The maximum atomic E-state index is 13.5. The van der Waals surface area contributed by atoms with E-state index in [9.17, 15) is 4.79 Å². The highest BCUT2D eigenvalue weighted by Gasteiger charge is 2.36. The van der Waals surface area contributed by atoms with Crippen LogP contribution in [0.4, 0.5) is 17.3 Å². The van der Waals surface area contributed by atoms with E-state index in [2.05, 4.69) is 51.4 Å². The summed E-state index contributed by atoms with van der Waals surface area (Å²) in [6.07, 6.45) is 6.86. The smallest absolute Gasteiger partial charge is 0.278 e. The number of benzene rings is 3. The minimum Gasteiger partial charge on any atom is -0.371 e. The number of piperidine rings is 2. The Morgan fingerprint density at radius 2 is 1.43 bits per heavy atom. The van der Waals surface area contributed by atoms with Gasteiger partial charge in [-0.2, -0.15) is 4.98 Å². The van der Waals surface area contributed by atoms with E-state index in [-0.39, 0.29) is 5.56 Å². The molecule has 2 aliphatic heterocycles. The molecule has 7 rings (SSSR count). The Kier molecular flexibility index (Phi) is 6.99. The summed E-state index contributed by atoms with van der Waals surface area (Å²) in [5.74, 6) is 0.457. The molecule has 0 atom stereocenters. The minimum absolute atomic E-state index is 0.114. The number of nitrogens with one attached hydrogen (secondary N) is 1. The molecule has 2 fully saturated rings. The molecule has 42 heavy (non-hydrogen) atoms. The van der Waals surface area contributed by atoms with Gasteiger partial charge in [0.05, 0.1) is 12.2 Å². The first-order valence-electron chi connectivity index (χ1n) is 15.0. The summed E-state index contributed by atoms with van der Waals surface area (Å²) in [6.45, 7) is 5.13. The number of nitrogens with zero attached hydrogens (tertiary/aromatic N) is 6. The molecule has 0 aliphatic carbocycles. The Morgan fingerprint density at radius 1 is 0.786 bits per heavy atom. The van der Waals surface area contributed by atoms with Gasteiger partial charge in [0.2, 0.25) is 5.95 Å². The molecule has 3 aromatic carbocycles. The molecule has 8 heteroatoms. The molecule has 4 heterocycles. The van der Waals surface area contributed by atoms with Crippen molar-refractivity contribution in [2.24, 2.45) is 5.41 Å². The van der Waals surface area contributed by atoms with Gasteiger partial charge in [0, 0.05) is 30.7 Å². The number of rotatable bonds is 6. The molecule has 8 nitrogen and oxygen atoms in total. The molecule has 0 saturated carbocycles. The van der Waals surface area contributed by atoms with Crippen molar-refractivity contribution in [3.63, 3.8) is 0 Å². The van der Waals surface area contributed by atoms with E-state index in [0.717, 1.165) is 30.0 Å². The molecular weight excluding hydrogens is 522 g/mol. The lowest BCUT2D eigenvalue weighted by Crippen LogP contribution is -2.46. The summed E-state index contributed by atoms with van der Waals surface area (Å²) in [5.41, 5.74) is 5.10. The molecule has 5 aromatic rings. The number of anilines is 3. The molecule has 2 aromatic heterocycles. The average molecular weight is 560 g/mol. The molecule has 2 aliphatic rings. The minimum atomic E-state index is -0.114. The Balaban J connectivity index is 1.12. The first-order valence-corrected chi connectivity index (χ1v) is 15.0. The van der Waals surface area contributed by atoms with Gasteiger partial charge in [-0.3, -0.25) is 4.79 Å². The standard InChI is InChI=1S/C34H37N7O/c1-38-20-16-34(17-21-38)18-22-39(23-19-34)28-14-12-27(13-15-28)36-33-35-24-30-31(37-33)41(29-10-6-3-7-11-29)40(32(30)42)25-26-8-4-2-5-9-26/h2-15,24H,16-23,25H2,1H3,(H,35,36,37). The molecule has 214 valence electrons. The van der Waals surface area contributed by atoms with Crippen LogP contribution in [-0.4, -0.2) is 57.5 Å². The van der Waals surface area contributed by atoms with Gasteiger partial charge in [-0.15, -0.1) is 0 Å². The van der Waals surface area contributed by atoms with Crippen LogP contribution >= 0.6 is 0 Å². The average Bonchev–Trinajstić information content (AvgIpc) is 3.30. The summed E-state index contributed by atoms with van der Waals surface area (Å²) in [5, 5.41) is 3.85. The predicted molar refractivity (Wildman–Crippen MR) is 169 cm³/mol. The number of para-hydroxylation sites is 1. The van der Waals surface area contributed by atoms with Crippen molar-refractivity contribution in [2.45, 2.75) is 32.2 Å². The highest BCUT2D eigenvalue weighted by molar-refractivity contribution is 5.77. The molecule has 0 radical (unpaired) electrons. The van der Waals surface area contributed by atoms with Gasteiger partial charge in [0.25, 0.3) is 5.56 Å². The third kappa shape index (κ3) is 5.18. The second kappa shape index (κ2) is 11.1. The molecule has 0 unspecified atom stereocenters. The second-order valence-corrected chi connectivity index (χ2v) is 11.9. The number of fused-ring (bicyclic) bond motifs is 1. The van der Waals surface area contributed by atoms with Crippen LogP contribution in [0.25, 0.3) is 16.7 Å². The Labute approximate surface area is 246 Å². The molecule has 0 amide bonds. The van der Waals surface area contributed by atoms with Crippen molar-refractivity contribution in [1.29, 1.82) is 0 Å². The van der Waals surface area contributed by atoms with Crippen LogP contribution in [0.15, 0.2) is 95.9 Å². The lowest BCUT2D eigenvalue weighted by atomic mass is 9.71. The second-order valence-electron chi connectivity index (χ2n) is 11.9. The van der Waals surface area contributed by atoms with E-state index >= 15 is 0 Å². The van der Waals surface area contributed by atoms with Crippen molar-refractivity contribution < 1.29 is 0 Å². The van der Waals surface area contributed by atoms with Crippen molar-refractivity contribution >= 4 is 28.4 Å². The van der Waals surface area contributed by atoms with Gasteiger partial charge in [0.15, 0.2) is 5.65 Å². The third-order valence-electron chi connectivity index (χ3n) is 9.21. The number of hydrogen-bond donors (Lipinski definition) is 1. The number of hydrogen-bond acceptors (Lipinski definition) is 6. The summed E-state index contributed by atoms with van der Waals surface area (Å²) in [7, 11) is 2.24. The van der Waals surface area contributed by atoms with E-state index in [1.807, 2.05) is 65.3 Å². The van der Waals surface area contributed by atoms with E-state index in [1.54, 1.807) is 10.9 Å². The molecule has 0 bridgehead atoms. The van der Waals surface area contributed by atoms with Crippen molar-refractivity contribution in [1.82, 2.24) is 24.2 Å². The van der Waals surface area contributed by atoms with Crippen LogP contribution in [0.1, 0.15) is 31.2 Å². The fraction of sp³-hybridized carbons (Fsp3) is 0.324. The molecule has 2 saturated heterocycles. The Morgan fingerprint density at radius 3 is 2.12 bits per heavy atom. The van der Waals surface area contributed by atoms with E-state index in [4.69, 9.17) is 4.98 Å². The summed E-state index contributed by atoms with van der Waals surface area (Å²) < 4.78 is 3.63. The third-order valence-corrected chi connectivity index (χ3v) is 9.21. The number of aromatic nitrogens is 4. The van der Waals surface area contributed by atoms with Crippen molar-refractivity contribution in [2.75, 3.05) is 43.4 Å². The first-order chi connectivity index (χ1) is 20.6. The maximum absolute atomic E-state index is 13.5.